The van der Waals surface area contributed by atoms with Gasteiger partial charge in [-0.25, -0.2) is 4.79 Å². The van der Waals surface area contributed by atoms with Crippen LogP contribution in [0, 0.1) is 5.92 Å². The van der Waals surface area contributed by atoms with Gasteiger partial charge in [0.25, 0.3) is 11.8 Å². The van der Waals surface area contributed by atoms with Crippen LogP contribution in [-0.2, 0) is 23.9 Å². The standard InChI is InChI=1S/C25H33N3O8S/c1-14(2)13-18(21(30)26-17(25(34)35)10-11-20(29)36-3)27-22(31)19(37)9-6-12-28-23(32)15-7-4-5-8-16(15)24(28)33/h4-5,7-8,14,17-19,37H,6,9-13H2,1-3H3,(H,26,30)(H,27,31)(H,34,35)/t17-,18-,19?/m0/s1. The normalized spacial score (nSPS) is 15.1. The van der Waals surface area contributed by atoms with Gasteiger partial charge in [-0.2, -0.15) is 12.6 Å². The Hall–Kier alpha value is -3.41. The van der Waals surface area contributed by atoms with Crippen molar-refractivity contribution in [2.24, 2.45) is 5.92 Å². The van der Waals surface area contributed by atoms with E-state index >= 15 is 0 Å². The highest BCUT2D eigenvalue weighted by atomic mass is 32.1. The predicted octanol–water partition coefficient (Wildman–Crippen LogP) is 1.41. The van der Waals surface area contributed by atoms with E-state index in [4.69, 9.17) is 0 Å². The molecule has 12 heteroatoms. The van der Waals surface area contributed by atoms with Gasteiger partial charge in [0, 0.05) is 13.0 Å². The van der Waals surface area contributed by atoms with E-state index < -0.39 is 41.1 Å². The van der Waals surface area contributed by atoms with Crippen LogP contribution in [0.3, 0.4) is 0 Å². The van der Waals surface area contributed by atoms with Gasteiger partial charge in [-0.3, -0.25) is 28.9 Å². The molecule has 0 fully saturated rings. The summed E-state index contributed by atoms with van der Waals surface area (Å²) in [5.74, 6) is -3.90. The molecule has 3 N–H and O–H groups in total. The minimum atomic E-state index is -1.33. The number of imide groups is 1. The van der Waals surface area contributed by atoms with E-state index in [0.717, 1.165) is 4.90 Å². The molecule has 0 bridgehead atoms. The molecule has 37 heavy (non-hydrogen) atoms. The van der Waals surface area contributed by atoms with Gasteiger partial charge in [-0.15, -0.1) is 0 Å². The predicted molar refractivity (Wildman–Crippen MR) is 136 cm³/mol. The topological polar surface area (TPSA) is 159 Å². The van der Waals surface area contributed by atoms with Gasteiger partial charge in [0.15, 0.2) is 0 Å². The van der Waals surface area contributed by atoms with Crippen molar-refractivity contribution in [3.8, 4) is 0 Å². The first kappa shape index (κ1) is 29.8. The summed E-state index contributed by atoms with van der Waals surface area (Å²) in [6, 6.07) is 4.21. The molecule has 0 saturated heterocycles. The number of thiol groups is 1. The van der Waals surface area contributed by atoms with Gasteiger partial charge in [-0.1, -0.05) is 26.0 Å². The number of fused-ring (bicyclic) bond motifs is 1. The van der Waals surface area contributed by atoms with Crippen molar-refractivity contribution < 1.29 is 38.6 Å². The van der Waals surface area contributed by atoms with Gasteiger partial charge in [0.2, 0.25) is 11.8 Å². The fourth-order valence-corrected chi connectivity index (χ4v) is 4.14. The Labute approximate surface area is 220 Å². The Balaban J connectivity index is 1.92. The van der Waals surface area contributed by atoms with Gasteiger partial charge >= 0.3 is 11.9 Å². The quantitative estimate of drug-likeness (QED) is 0.158. The SMILES string of the molecule is COC(=O)CC[C@H](NC(=O)[C@H](CC(C)C)NC(=O)C(S)CCCN1C(=O)c2ccccc2C1=O)C(=O)O. The zero-order valence-electron chi connectivity index (χ0n) is 21.1. The highest BCUT2D eigenvalue weighted by Crippen LogP contribution is 2.23. The van der Waals surface area contributed by atoms with E-state index in [1.165, 1.54) is 7.11 Å². The number of nitrogens with zero attached hydrogens (tertiary/aromatic N) is 1. The zero-order chi connectivity index (χ0) is 27.7. The van der Waals surface area contributed by atoms with Crippen molar-refractivity contribution in [2.45, 2.75) is 63.3 Å². The molecular formula is C25H33N3O8S. The molecule has 1 aliphatic rings. The lowest BCUT2D eigenvalue weighted by Gasteiger charge is -2.24. The number of methoxy groups -OCH3 is 1. The van der Waals surface area contributed by atoms with E-state index in [-0.39, 0.29) is 50.0 Å². The van der Waals surface area contributed by atoms with Crippen LogP contribution in [0.25, 0.3) is 0 Å². The summed E-state index contributed by atoms with van der Waals surface area (Å²) in [5.41, 5.74) is 0.697. The molecule has 0 aromatic heterocycles. The third kappa shape index (κ3) is 8.31. The van der Waals surface area contributed by atoms with Crippen LogP contribution in [0.15, 0.2) is 24.3 Å². The molecule has 1 unspecified atom stereocenters. The summed E-state index contributed by atoms with van der Waals surface area (Å²) < 4.78 is 4.51. The van der Waals surface area contributed by atoms with E-state index in [9.17, 15) is 33.9 Å². The average molecular weight is 536 g/mol. The summed E-state index contributed by atoms with van der Waals surface area (Å²) in [4.78, 5) is 74.6. The first-order valence-corrected chi connectivity index (χ1v) is 12.5. The molecule has 2 rings (SSSR count). The molecule has 1 aromatic carbocycles. The highest BCUT2D eigenvalue weighted by Gasteiger charge is 2.35. The number of carboxylic acids is 1. The minimum Gasteiger partial charge on any atom is -0.480 e. The Kier molecular flexibility index (Phi) is 11.1. The molecule has 1 aliphatic heterocycles. The Morgan fingerprint density at radius 3 is 2.05 bits per heavy atom. The van der Waals surface area contributed by atoms with Crippen molar-refractivity contribution in [1.29, 1.82) is 0 Å². The minimum absolute atomic E-state index is 0.00147. The number of hydrogen-bond donors (Lipinski definition) is 4. The third-order valence-electron chi connectivity index (χ3n) is 5.86. The molecule has 0 spiro atoms. The summed E-state index contributed by atoms with van der Waals surface area (Å²) in [7, 11) is 1.18. The number of esters is 1. The third-order valence-corrected chi connectivity index (χ3v) is 6.35. The molecule has 11 nitrogen and oxygen atoms in total. The van der Waals surface area contributed by atoms with Gasteiger partial charge in [-0.05, 0) is 43.7 Å². The van der Waals surface area contributed by atoms with Crippen LogP contribution in [-0.4, -0.2) is 76.6 Å². The van der Waals surface area contributed by atoms with E-state index in [0.29, 0.717) is 17.5 Å². The maximum atomic E-state index is 12.8. The van der Waals surface area contributed by atoms with Crippen molar-refractivity contribution >= 4 is 48.2 Å². The fourth-order valence-electron chi connectivity index (χ4n) is 3.88. The number of amides is 4. The van der Waals surface area contributed by atoms with Crippen LogP contribution < -0.4 is 10.6 Å². The first-order chi connectivity index (χ1) is 17.5. The Morgan fingerprint density at radius 1 is 0.973 bits per heavy atom. The zero-order valence-corrected chi connectivity index (χ0v) is 22.0. The highest BCUT2D eigenvalue weighted by molar-refractivity contribution is 7.81. The lowest BCUT2D eigenvalue weighted by atomic mass is 10.0. The maximum absolute atomic E-state index is 12.8. The molecule has 0 aliphatic carbocycles. The Morgan fingerprint density at radius 2 is 1.54 bits per heavy atom. The van der Waals surface area contributed by atoms with E-state index in [1.807, 2.05) is 13.8 Å². The van der Waals surface area contributed by atoms with Crippen LogP contribution in [0.4, 0.5) is 0 Å². The average Bonchev–Trinajstić information content (AvgIpc) is 3.10. The van der Waals surface area contributed by atoms with Crippen molar-refractivity contribution in [2.75, 3.05) is 13.7 Å². The second kappa shape index (κ2) is 13.8. The molecule has 0 saturated carbocycles. The second-order valence-electron chi connectivity index (χ2n) is 9.17. The van der Waals surface area contributed by atoms with Crippen LogP contribution in [0.5, 0.6) is 0 Å². The number of nitrogens with one attached hydrogen (secondary N) is 2. The van der Waals surface area contributed by atoms with Crippen LogP contribution in [0.1, 0.15) is 66.7 Å². The monoisotopic (exact) mass is 535 g/mol. The second-order valence-corrected chi connectivity index (χ2v) is 9.79. The summed E-state index contributed by atoms with van der Waals surface area (Å²) in [6.07, 6.45) is 0.443. The lowest BCUT2D eigenvalue weighted by molar-refractivity contribution is -0.144. The number of carboxylic acid groups (broad SMARTS) is 1. The van der Waals surface area contributed by atoms with Gasteiger partial charge in [0.05, 0.1) is 23.5 Å². The number of carbonyl (C=O) groups is 6. The maximum Gasteiger partial charge on any atom is 0.326 e. The Bertz CT molecular complexity index is 1010. The molecule has 0 radical (unpaired) electrons. The van der Waals surface area contributed by atoms with Crippen molar-refractivity contribution in [3.63, 3.8) is 0 Å². The van der Waals surface area contributed by atoms with Crippen LogP contribution in [0.2, 0.25) is 0 Å². The first-order valence-electron chi connectivity index (χ1n) is 12.0. The number of aliphatic carboxylic acids is 1. The number of ether oxygens (including phenoxy) is 1. The molecule has 4 amide bonds. The number of rotatable bonds is 14. The van der Waals surface area contributed by atoms with Crippen molar-refractivity contribution in [3.05, 3.63) is 35.4 Å². The fraction of sp³-hybridized carbons (Fsp3) is 0.520. The smallest absolute Gasteiger partial charge is 0.326 e. The lowest BCUT2D eigenvalue weighted by Crippen LogP contribution is -2.53. The number of benzene rings is 1. The van der Waals surface area contributed by atoms with Crippen molar-refractivity contribution in [1.82, 2.24) is 15.5 Å². The number of hydrogen-bond acceptors (Lipinski definition) is 8. The number of carbonyl (C=O) groups excluding carboxylic acids is 5. The van der Waals surface area contributed by atoms with Gasteiger partial charge < -0.3 is 20.5 Å². The van der Waals surface area contributed by atoms with Crippen LogP contribution >= 0.6 is 12.6 Å². The van der Waals surface area contributed by atoms with Gasteiger partial charge in [0.1, 0.15) is 12.1 Å². The summed E-state index contributed by atoms with van der Waals surface area (Å²) >= 11 is 4.32. The molecule has 3 atom stereocenters. The molecule has 1 heterocycles. The molecular weight excluding hydrogens is 502 g/mol. The van der Waals surface area contributed by atoms with E-state index in [2.05, 4.69) is 28.0 Å². The largest absolute Gasteiger partial charge is 0.480 e. The van der Waals surface area contributed by atoms with E-state index in [1.54, 1.807) is 24.3 Å². The molecule has 1 aromatic rings. The summed E-state index contributed by atoms with van der Waals surface area (Å²) in [6.45, 7) is 3.81. The summed E-state index contributed by atoms with van der Waals surface area (Å²) in [5, 5.41) is 13.6. The molecule has 202 valence electrons.